The predicted octanol–water partition coefficient (Wildman–Crippen LogP) is 2.78. The molecule has 0 spiro atoms. The number of para-hydroxylation sites is 1. The fourth-order valence-corrected chi connectivity index (χ4v) is 3.68. The molecule has 0 fully saturated rings. The van der Waals surface area contributed by atoms with E-state index in [-0.39, 0.29) is 0 Å². The first kappa shape index (κ1) is 14.6. The van der Waals surface area contributed by atoms with Crippen molar-refractivity contribution in [2.45, 2.75) is 17.0 Å². The molecule has 0 radical (unpaired) electrons. The molecule has 2 N–H and O–H groups in total. The predicted molar refractivity (Wildman–Crippen MR) is 86.9 cm³/mol. The summed E-state index contributed by atoms with van der Waals surface area (Å²) < 4.78 is 2.59. The zero-order chi connectivity index (χ0) is 15.5. The van der Waals surface area contributed by atoms with Gasteiger partial charge in [0.15, 0.2) is 4.34 Å². The number of nitriles is 1. The number of nitrogens with zero attached hydrogens (tertiary/aromatic N) is 5. The van der Waals surface area contributed by atoms with Gasteiger partial charge in [0, 0.05) is 5.75 Å². The van der Waals surface area contributed by atoms with Crippen molar-refractivity contribution in [3.63, 3.8) is 0 Å². The second-order valence-electron chi connectivity index (χ2n) is 4.46. The van der Waals surface area contributed by atoms with E-state index in [1.807, 2.05) is 41.9 Å². The number of benzene rings is 1. The molecule has 3 rings (SSSR count). The van der Waals surface area contributed by atoms with Crippen LogP contribution in [0.1, 0.15) is 17.0 Å². The van der Waals surface area contributed by atoms with Gasteiger partial charge in [-0.3, -0.25) is 0 Å². The fraction of sp³-hybridized carbons (Fsp3) is 0.143. The van der Waals surface area contributed by atoms with E-state index >= 15 is 0 Å². The highest BCUT2D eigenvalue weighted by molar-refractivity contribution is 8.00. The third kappa shape index (κ3) is 2.81. The van der Waals surface area contributed by atoms with Crippen molar-refractivity contribution >= 4 is 28.2 Å². The molecule has 2 heterocycles. The minimum atomic E-state index is 0.441. The lowest BCUT2D eigenvalue weighted by atomic mass is 10.2. The molecular weight excluding hydrogens is 316 g/mol. The van der Waals surface area contributed by atoms with Crippen LogP contribution >= 0.6 is 23.1 Å². The van der Waals surface area contributed by atoms with E-state index in [0.717, 1.165) is 21.4 Å². The summed E-state index contributed by atoms with van der Waals surface area (Å²) >= 11 is 2.83. The Balaban J connectivity index is 1.96. The zero-order valence-electron chi connectivity index (χ0n) is 11.7. The third-order valence-corrected chi connectivity index (χ3v) is 4.92. The molecule has 0 unspecified atom stereocenters. The number of hydrogen-bond donors (Lipinski definition) is 1. The van der Waals surface area contributed by atoms with E-state index in [4.69, 9.17) is 5.73 Å². The third-order valence-electron chi connectivity index (χ3n) is 3.02. The van der Waals surface area contributed by atoms with Crippen molar-refractivity contribution in [2.75, 3.05) is 5.73 Å². The Morgan fingerprint density at radius 3 is 2.73 bits per heavy atom. The lowest BCUT2D eigenvalue weighted by Gasteiger charge is -2.06. The second-order valence-corrected chi connectivity index (χ2v) is 6.69. The van der Waals surface area contributed by atoms with Gasteiger partial charge in [-0.2, -0.15) is 10.4 Å². The van der Waals surface area contributed by atoms with Crippen molar-refractivity contribution in [3.05, 3.63) is 47.3 Å². The number of hydrogen-bond acceptors (Lipinski definition) is 7. The number of rotatable bonds is 4. The monoisotopic (exact) mass is 328 g/mol. The van der Waals surface area contributed by atoms with Crippen LogP contribution in [0, 0.1) is 18.3 Å². The van der Waals surface area contributed by atoms with Crippen LogP contribution in [0.5, 0.6) is 0 Å². The van der Waals surface area contributed by atoms with E-state index in [2.05, 4.69) is 21.4 Å². The molecule has 0 bridgehead atoms. The van der Waals surface area contributed by atoms with Gasteiger partial charge in [0.05, 0.1) is 22.6 Å². The first-order valence-electron chi connectivity index (χ1n) is 6.45. The van der Waals surface area contributed by atoms with Gasteiger partial charge in [-0.05, 0) is 19.1 Å². The Morgan fingerprint density at radius 2 is 2.09 bits per heavy atom. The van der Waals surface area contributed by atoms with Crippen molar-refractivity contribution in [3.8, 4) is 11.8 Å². The van der Waals surface area contributed by atoms with Gasteiger partial charge in [-0.25, -0.2) is 4.68 Å². The molecule has 0 atom stereocenters. The van der Waals surface area contributed by atoms with Gasteiger partial charge >= 0.3 is 0 Å². The van der Waals surface area contributed by atoms with E-state index in [9.17, 15) is 5.26 Å². The largest absolute Gasteiger partial charge is 0.374 e. The maximum Gasteiger partial charge on any atom is 0.203 e. The Hall–Kier alpha value is -2.37. The van der Waals surface area contributed by atoms with E-state index < -0.39 is 0 Å². The van der Waals surface area contributed by atoms with E-state index in [1.165, 1.54) is 23.1 Å². The quantitative estimate of drug-likeness (QED) is 0.740. The van der Waals surface area contributed by atoms with Gasteiger partial charge in [0.1, 0.15) is 6.07 Å². The highest BCUT2D eigenvalue weighted by Gasteiger charge is 2.17. The molecule has 110 valence electrons. The van der Waals surface area contributed by atoms with Crippen LogP contribution in [0.15, 0.2) is 34.7 Å². The Kier molecular flexibility index (Phi) is 4.09. The second kappa shape index (κ2) is 6.17. The van der Waals surface area contributed by atoms with Crippen molar-refractivity contribution in [1.82, 2.24) is 20.0 Å². The summed E-state index contributed by atoms with van der Waals surface area (Å²) in [5.74, 6) is 0.577. The summed E-state index contributed by atoms with van der Waals surface area (Å²) in [7, 11) is 0. The summed E-state index contributed by atoms with van der Waals surface area (Å²) in [6, 6.07) is 12.0. The highest BCUT2D eigenvalue weighted by Crippen LogP contribution is 2.29. The Morgan fingerprint density at radius 1 is 1.32 bits per heavy atom. The lowest BCUT2D eigenvalue weighted by molar-refractivity contribution is 0.828. The van der Waals surface area contributed by atoms with E-state index in [0.29, 0.717) is 16.4 Å². The summed E-state index contributed by atoms with van der Waals surface area (Å²) in [5.41, 5.74) is 8.70. The number of aryl methyl sites for hydroxylation is 1. The normalized spacial score (nSPS) is 10.5. The molecule has 0 amide bonds. The summed E-state index contributed by atoms with van der Waals surface area (Å²) in [6.07, 6.45) is 0. The number of thioether (sulfide) groups is 1. The fourth-order valence-electron chi connectivity index (χ4n) is 2.05. The Bertz CT molecular complexity index is 831. The lowest BCUT2D eigenvalue weighted by Crippen LogP contribution is -2.01. The van der Waals surface area contributed by atoms with Crippen molar-refractivity contribution in [1.29, 1.82) is 5.26 Å². The SMILES string of the molecule is Cc1nn(-c2ccccc2)c(CSc2nnc(N)s2)c1C#N. The molecule has 8 heteroatoms. The van der Waals surface area contributed by atoms with Crippen LogP contribution in [0.2, 0.25) is 0 Å². The zero-order valence-corrected chi connectivity index (χ0v) is 13.4. The van der Waals surface area contributed by atoms with Gasteiger partial charge in [0.2, 0.25) is 5.13 Å². The van der Waals surface area contributed by atoms with Crippen LogP contribution in [-0.4, -0.2) is 20.0 Å². The molecule has 0 aliphatic rings. The molecule has 0 saturated carbocycles. The molecule has 3 aromatic rings. The number of nitrogen functional groups attached to an aromatic ring is 1. The molecule has 22 heavy (non-hydrogen) atoms. The highest BCUT2D eigenvalue weighted by atomic mass is 32.2. The van der Waals surface area contributed by atoms with Crippen LogP contribution in [0.25, 0.3) is 5.69 Å². The minimum Gasteiger partial charge on any atom is -0.374 e. The van der Waals surface area contributed by atoms with Gasteiger partial charge in [-0.1, -0.05) is 41.3 Å². The number of aromatic nitrogens is 4. The average molecular weight is 328 g/mol. The maximum atomic E-state index is 9.40. The van der Waals surface area contributed by atoms with Gasteiger partial charge < -0.3 is 5.73 Å². The average Bonchev–Trinajstić information content (AvgIpc) is 3.09. The Labute approximate surface area is 135 Å². The first-order valence-corrected chi connectivity index (χ1v) is 8.25. The van der Waals surface area contributed by atoms with Crippen LogP contribution in [0.4, 0.5) is 5.13 Å². The summed E-state index contributed by atoms with van der Waals surface area (Å²) in [6.45, 7) is 1.84. The molecule has 6 nitrogen and oxygen atoms in total. The van der Waals surface area contributed by atoms with Gasteiger partial charge in [0.25, 0.3) is 0 Å². The standard InChI is InChI=1S/C14H12N6S2/c1-9-11(7-15)12(8-21-14-18-17-13(16)22-14)20(19-9)10-5-3-2-4-6-10/h2-6H,8H2,1H3,(H2,16,17). The molecule has 1 aromatic carbocycles. The summed E-state index contributed by atoms with van der Waals surface area (Å²) in [5, 5.41) is 22.1. The van der Waals surface area contributed by atoms with Crippen LogP contribution in [0.3, 0.4) is 0 Å². The molecule has 2 aromatic heterocycles. The molecule has 0 saturated heterocycles. The van der Waals surface area contributed by atoms with Crippen molar-refractivity contribution in [2.24, 2.45) is 0 Å². The van der Waals surface area contributed by atoms with Crippen LogP contribution < -0.4 is 5.73 Å². The molecule has 0 aliphatic heterocycles. The molecular formula is C14H12N6S2. The summed E-state index contributed by atoms with van der Waals surface area (Å²) in [4.78, 5) is 0. The van der Waals surface area contributed by atoms with Crippen LogP contribution in [-0.2, 0) is 5.75 Å². The van der Waals surface area contributed by atoms with Gasteiger partial charge in [-0.15, -0.1) is 10.2 Å². The molecule has 0 aliphatic carbocycles. The van der Waals surface area contributed by atoms with Crippen molar-refractivity contribution < 1.29 is 0 Å². The number of anilines is 1. The van der Waals surface area contributed by atoms with E-state index in [1.54, 1.807) is 0 Å². The first-order chi connectivity index (χ1) is 10.7. The topological polar surface area (TPSA) is 93.4 Å². The maximum absolute atomic E-state index is 9.40. The smallest absolute Gasteiger partial charge is 0.203 e. The minimum absolute atomic E-state index is 0.441. The number of nitrogens with two attached hydrogens (primary N) is 1.